The van der Waals surface area contributed by atoms with E-state index in [0.717, 1.165) is 35.7 Å². The average molecular weight is 289 g/mol. The van der Waals surface area contributed by atoms with E-state index < -0.39 is 0 Å². The molecule has 0 saturated heterocycles. The summed E-state index contributed by atoms with van der Waals surface area (Å²) in [7, 11) is 0. The lowest BCUT2D eigenvalue weighted by atomic mass is 10.2. The summed E-state index contributed by atoms with van der Waals surface area (Å²) in [5.74, 6) is 1.59. The van der Waals surface area contributed by atoms with Crippen molar-refractivity contribution in [3.05, 3.63) is 42.0 Å². The van der Waals surface area contributed by atoms with E-state index in [2.05, 4.69) is 23.4 Å². The largest absolute Gasteiger partial charge is 0.493 e. The molecule has 0 aliphatic rings. The minimum atomic E-state index is 0.441. The Bertz CT molecular complexity index is 566. The summed E-state index contributed by atoms with van der Waals surface area (Å²) >= 11 is 0. The second kappa shape index (κ2) is 7.69. The zero-order valence-corrected chi connectivity index (χ0v) is 12.7. The quantitative estimate of drug-likeness (QED) is 0.811. The first-order valence-corrected chi connectivity index (χ1v) is 7.36. The molecule has 0 amide bonds. The number of nitrogens with two attached hydrogens (primary N) is 1. The van der Waals surface area contributed by atoms with Gasteiger partial charge >= 0.3 is 0 Å². The van der Waals surface area contributed by atoms with Crippen LogP contribution in [-0.4, -0.2) is 16.2 Å². The zero-order chi connectivity index (χ0) is 15.1. The molecule has 0 atom stereocenters. The minimum absolute atomic E-state index is 0.441. The number of hydrogen-bond acceptors (Lipinski definition) is 4. The summed E-state index contributed by atoms with van der Waals surface area (Å²) in [4.78, 5) is 4.14. The molecule has 21 heavy (non-hydrogen) atoms. The van der Waals surface area contributed by atoms with E-state index in [0.29, 0.717) is 19.8 Å². The highest BCUT2D eigenvalue weighted by atomic mass is 16.5. The molecule has 1 aromatic heterocycles. The molecule has 2 rings (SSSR count). The Morgan fingerprint density at radius 1 is 1.24 bits per heavy atom. The molecule has 0 spiro atoms. The van der Waals surface area contributed by atoms with Crippen molar-refractivity contribution in [2.75, 3.05) is 6.61 Å². The lowest BCUT2D eigenvalue weighted by Crippen LogP contribution is -2.07. The van der Waals surface area contributed by atoms with E-state index in [9.17, 15) is 0 Å². The summed E-state index contributed by atoms with van der Waals surface area (Å²) in [6.07, 6.45) is 4.61. The van der Waals surface area contributed by atoms with Crippen LogP contribution in [0.3, 0.4) is 0 Å². The molecule has 5 heteroatoms. The Morgan fingerprint density at radius 3 is 2.81 bits per heavy atom. The van der Waals surface area contributed by atoms with E-state index in [1.807, 2.05) is 30.7 Å². The molecule has 114 valence electrons. The van der Waals surface area contributed by atoms with Crippen LogP contribution < -0.4 is 15.2 Å². The number of aromatic nitrogens is 2. The molecule has 2 N–H and O–H groups in total. The number of ether oxygens (including phenoxy) is 2. The molecule has 0 fully saturated rings. The SMILES string of the molecule is CCCOc1ccc(CN)c(OCc2cncn2CC)c1. The summed E-state index contributed by atoms with van der Waals surface area (Å²) < 4.78 is 13.6. The Balaban J connectivity index is 2.09. The van der Waals surface area contributed by atoms with Gasteiger partial charge in [0, 0.05) is 24.7 Å². The van der Waals surface area contributed by atoms with Gasteiger partial charge in [-0.15, -0.1) is 0 Å². The fourth-order valence-corrected chi connectivity index (χ4v) is 2.05. The molecule has 5 nitrogen and oxygen atoms in total. The Labute approximate surface area is 125 Å². The van der Waals surface area contributed by atoms with Crippen molar-refractivity contribution in [2.24, 2.45) is 5.73 Å². The van der Waals surface area contributed by atoms with Gasteiger partial charge in [-0.3, -0.25) is 0 Å². The van der Waals surface area contributed by atoms with Crippen LogP contribution in [0.2, 0.25) is 0 Å². The van der Waals surface area contributed by atoms with Crippen molar-refractivity contribution in [3.63, 3.8) is 0 Å². The number of rotatable bonds is 8. The van der Waals surface area contributed by atoms with Crippen molar-refractivity contribution in [3.8, 4) is 11.5 Å². The third kappa shape index (κ3) is 3.98. The van der Waals surface area contributed by atoms with Gasteiger partial charge in [0.05, 0.1) is 24.8 Å². The maximum Gasteiger partial charge on any atom is 0.130 e. The predicted molar refractivity (Wildman–Crippen MR) is 82.4 cm³/mol. The maximum absolute atomic E-state index is 5.91. The third-order valence-electron chi connectivity index (χ3n) is 3.25. The molecule has 0 aliphatic heterocycles. The van der Waals surface area contributed by atoms with E-state index in [-0.39, 0.29) is 0 Å². The van der Waals surface area contributed by atoms with Crippen LogP contribution in [0.5, 0.6) is 11.5 Å². The minimum Gasteiger partial charge on any atom is -0.493 e. The highest BCUT2D eigenvalue weighted by Gasteiger charge is 2.07. The van der Waals surface area contributed by atoms with E-state index in [1.165, 1.54) is 0 Å². The van der Waals surface area contributed by atoms with Crippen LogP contribution in [0.1, 0.15) is 31.5 Å². The van der Waals surface area contributed by atoms with Gasteiger partial charge < -0.3 is 19.8 Å². The summed E-state index contributed by atoms with van der Waals surface area (Å²) in [6, 6.07) is 5.79. The number of benzene rings is 1. The van der Waals surface area contributed by atoms with E-state index in [4.69, 9.17) is 15.2 Å². The predicted octanol–water partition coefficient (Wildman–Crippen LogP) is 2.73. The van der Waals surface area contributed by atoms with Crippen LogP contribution in [0.4, 0.5) is 0 Å². The summed E-state index contributed by atoms with van der Waals surface area (Å²) in [5.41, 5.74) is 7.78. The second-order valence-corrected chi connectivity index (χ2v) is 4.78. The van der Waals surface area contributed by atoms with Crippen LogP contribution in [0.25, 0.3) is 0 Å². The average Bonchev–Trinajstić information content (AvgIpc) is 2.98. The van der Waals surface area contributed by atoms with Crippen molar-refractivity contribution < 1.29 is 9.47 Å². The zero-order valence-electron chi connectivity index (χ0n) is 12.7. The summed E-state index contributed by atoms with van der Waals surface area (Å²) in [6.45, 7) is 6.65. The topological polar surface area (TPSA) is 62.3 Å². The number of nitrogens with zero attached hydrogens (tertiary/aromatic N) is 2. The van der Waals surface area contributed by atoms with Gasteiger partial charge in [-0.25, -0.2) is 4.98 Å². The molecule has 2 aromatic rings. The molecule has 0 aliphatic carbocycles. The fraction of sp³-hybridized carbons (Fsp3) is 0.438. The first-order chi connectivity index (χ1) is 10.3. The second-order valence-electron chi connectivity index (χ2n) is 4.78. The number of aryl methyl sites for hydroxylation is 1. The lowest BCUT2D eigenvalue weighted by Gasteiger charge is -2.13. The maximum atomic E-state index is 5.91. The first kappa shape index (κ1) is 15.4. The Morgan fingerprint density at radius 2 is 2.10 bits per heavy atom. The Kier molecular flexibility index (Phi) is 5.63. The van der Waals surface area contributed by atoms with Crippen molar-refractivity contribution in [2.45, 2.75) is 40.0 Å². The monoisotopic (exact) mass is 289 g/mol. The van der Waals surface area contributed by atoms with Gasteiger partial charge in [0.25, 0.3) is 0 Å². The van der Waals surface area contributed by atoms with Gasteiger partial charge in [-0.05, 0) is 19.4 Å². The molecule has 0 bridgehead atoms. The van der Waals surface area contributed by atoms with E-state index in [1.54, 1.807) is 0 Å². The van der Waals surface area contributed by atoms with Crippen molar-refractivity contribution >= 4 is 0 Å². The van der Waals surface area contributed by atoms with Gasteiger partial charge in [-0.1, -0.05) is 13.0 Å². The van der Waals surface area contributed by atoms with Gasteiger partial charge in [0.15, 0.2) is 0 Å². The third-order valence-corrected chi connectivity index (χ3v) is 3.25. The standard InChI is InChI=1S/C16H23N3O2/c1-3-7-20-15-6-5-13(9-17)16(8-15)21-11-14-10-18-12-19(14)4-2/h5-6,8,10,12H,3-4,7,9,11,17H2,1-2H3. The molecule has 0 unspecified atom stereocenters. The molecular weight excluding hydrogens is 266 g/mol. The number of hydrogen-bond donors (Lipinski definition) is 1. The van der Waals surface area contributed by atoms with Crippen LogP contribution in [-0.2, 0) is 19.7 Å². The fourth-order valence-electron chi connectivity index (χ4n) is 2.05. The van der Waals surface area contributed by atoms with Gasteiger partial charge in [0.2, 0.25) is 0 Å². The van der Waals surface area contributed by atoms with E-state index >= 15 is 0 Å². The molecule has 1 aromatic carbocycles. The lowest BCUT2D eigenvalue weighted by molar-refractivity contribution is 0.284. The normalized spacial score (nSPS) is 10.6. The number of imidazole rings is 1. The highest BCUT2D eigenvalue weighted by molar-refractivity contribution is 5.40. The highest BCUT2D eigenvalue weighted by Crippen LogP contribution is 2.25. The van der Waals surface area contributed by atoms with Crippen molar-refractivity contribution in [1.82, 2.24) is 9.55 Å². The smallest absolute Gasteiger partial charge is 0.130 e. The summed E-state index contributed by atoms with van der Waals surface area (Å²) in [5, 5.41) is 0. The molecule has 0 saturated carbocycles. The van der Waals surface area contributed by atoms with Crippen LogP contribution in [0.15, 0.2) is 30.7 Å². The molecular formula is C16H23N3O2. The molecule has 0 radical (unpaired) electrons. The Hall–Kier alpha value is -2.01. The van der Waals surface area contributed by atoms with Gasteiger partial charge in [-0.2, -0.15) is 0 Å². The van der Waals surface area contributed by atoms with Crippen LogP contribution >= 0.6 is 0 Å². The van der Waals surface area contributed by atoms with Gasteiger partial charge in [0.1, 0.15) is 18.1 Å². The van der Waals surface area contributed by atoms with Crippen molar-refractivity contribution in [1.29, 1.82) is 0 Å². The molecule has 1 heterocycles. The van der Waals surface area contributed by atoms with Crippen LogP contribution in [0, 0.1) is 0 Å². The first-order valence-electron chi connectivity index (χ1n) is 7.36.